The summed E-state index contributed by atoms with van der Waals surface area (Å²) >= 11 is 1.55. The molecule has 1 N–H and O–H groups in total. The molecular formula is C23H28N4O3S. The average Bonchev–Trinajstić information content (AvgIpc) is 2.74. The van der Waals surface area contributed by atoms with E-state index >= 15 is 0 Å². The Balaban J connectivity index is 1.51. The van der Waals surface area contributed by atoms with Gasteiger partial charge in [-0.05, 0) is 37.0 Å². The Morgan fingerprint density at radius 3 is 2.94 bits per heavy atom. The number of pyridine rings is 1. The van der Waals surface area contributed by atoms with Gasteiger partial charge < -0.3 is 14.5 Å². The molecule has 3 heterocycles. The van der Waals surface area contributed by atoms with Crippen LogP contribution in [0.3, 0.4) is 0 Å². The number of allylic oxidation sites excluding steroid dienone is 2. The molecule has 0 bridgehead atoms. The molecule has 2 aliphatic rings. The monoisotopic (exact) mass is 440 g/mol. The van der Waals surface area contributed by atoms with E-state index in [1.165, 1.54) is 0 Å². The van der Waals surface area contributed by atoms with Gasteiger partial charge in [-0.2, -0.15) is 0 Å². The lowest BCUT2D eigenvalue weighted by Crippen LogP contribution is -2.54. The van der Waals surface area contributed by atoms with Crippen molar-refractivity contribution in [2.24, 2.45) is 0 Å². The number of nitrogens with one attached hydrogen (secondary N) is 1. The summed E-state index contributed by atoms with van der Waals surface area (Å²) in [5, 5.41) is 4.58. The lowest BCUT2D eigenvalue weighted by atomic mass is 10.1. The maximum Gasteiger partial charge on any atom is 0.323 e. The predicted octanol–water partition coefficient (Wildman–Crippen LogP) is 4.03. The molecule has 0 saturated carbocycles. The fraction of sp³-hybridized carbons (Fsp3) is 0.348. The van der Waals surface area contributed by atoms with Gasteiger partial charge in [-0.15, -0.1) is 11.8 Å². The number of fused-ring (bicyclic) bond motifs is 1. The summed E-state index contributed by atoms with van der Waals surface area (Å²) in [5.41, 5.74) is 1.75. The largest absolute Gasteiger partial charge is 0.369 e. The maximum absolute atomic E-state index is 12.4. The van der Waals surface area contributed by atoms with Crippen molar-refractivity contribution in [3.63, 3.8) is 0 Å². The Morgan fingerprint density at radius 2 is 2.23 bits per heavy atom. The van der Waals surface area contributed by atoms with Crippen LogP contribution in [0.25, 0.3) is 6.08 Å². The molecule has 0 radical (unpaired) electrons. The van der Waals surface area contributed by atoms with Gasteiger partial charge in [0, 0.05) is 42.4 Å². The summed E-state index contributed by atoms with van der Waals surface area (Å²) in [6.45, 7) is 10.4. The molecule has 164 valence electrons. The molecule has 0 aliphatic carbocycles. The topological polar surface area (TPSA) is 74.8 Å². The number of hydrogen-bond acceptors (Lipinski definition) is 5. The van der Waals surface area contributed by atoms with E-state index in [0.29, 0.717) is 38.6 Å². The SMILES string of the molecule is C=CS/C(=C\C)COC1CN(C(=O)/C=C/c2cnc3c(c2)CN(C/C=C\C)C(=O)N3)C1. The highest BCUT2D eigenvalue weighted by Crippen LogP contribution is 2.23. The second-order valence-electron chi connectivity index (χ2n) is 7.21. The summed E-state index contributed by atoms with van der Waals surface area (Å²) in [6, 6.07) is 1.79. The molecule has 0 atom stereocenters. The van der Waals surface area contributed by atoms with Crippen LogP contribution < -0.4 is 5.32 Å². The molecule has 31 heavy (non-hydrogen) atoms. The van der Waals surface area contributed by atoms with E-state index in [1.54, 1.807) is 45.3 Å². The predicted molar refractivity (Wildman–Crippen MR) is 125 cm³/mol. The number of hydrogen-bond donors (Lipinski definition) is 1. The summed E-state index contributed by atoms with van der Waals surface area (Å²) in [7, 11) is 0. The summed E-state index contributed by atoms with van der Waals surface area (Å²) in [6.07, 6.45) is 10.9. The fourth-order valence-electron chi connectivity index (χ4n) is 3.18. The number of rotatable bonds is 9. The highest BCUT2D eigenvalue weighted by atomic mass is 32.2. The number of carbonyl (C=O) groups is 2. The third-order valence-corrected chi connectivity index (χ3v) is 5.84. The van der Waals surface area contributed by atoms with E-state index < -0.39 is 0 Å². The second kappa shape index (κ2) is 11.0. The number of anilines is 1. The summed E-state index contributed by atoms with van der Waals surface area (Å²) < 4.78 is 5.83. The van der Waals surface area contributed by atoms with Gasteiger partial charge in [0.25, 0.3) is 0 Å². The van der Waals surface area contributed by atoms with Gasteiger partial charge in [-0.25, -0.2) is 9.78 Å². The lowest BCUT2D eigenvalue weighted by Gasteiger charge is -2.38. The fourth-order valence-corrected chi connectivity index (χ4v) is 3.67. The lowest BCUT2D eigenvalue weighted by molar-refractivity contribution is -0.138. The van der Waals surface area contributed by atoms with Crippen LogP contribution in [0.15, 0.2) is 53.5 Å². The highest BCUT2D eigenvalue weighted by molar-refractivity contribution is 8.05. The van der Waals surface area contributed by atoms with Crippen molar-refractivity contribution < 1.29 is 14.3 Å². The minimum absolute atomic E-state index is 0.0488. The molecule has 3 rings (SSSR count). The molecule has 1 fully saturated rings. The molecule has 1 saturated heterocycles. The van der Waals surface area contributed by atoms with E-state index in [1.807, 2.05) is 38.1 Å². The minimum atomic E-state index is -0.157. The van der Waals surface area contributed by atoms with E-state index in [2.05, 4.69) is 16.9 Å². The van der Waals surface area contributed by atoms with Crippen LogP contribution in [0, 0.1) is 0 Å². The normalized spacial score (nSPS) is 17.1. The highest BCUT2D eigenvalue weighted by Gasteiger charge is 2.30. The van der Waals surface area contributed by atoms with Crippen LogP contribution in [-0.2, 0) is 16.1 Å². The van der Waals surface area contributed by atoms with E-state index in [9.17, 15) is 9.59 Å². The Labute approximate surface area is 187 Å². The molecule has 1 aromatic heterocycles. The number of urea groups is 1. The van der Waals surface area contributed by atoms with Crippen molar-refractivity contribution in [3.05, 3.63) is 64.6 Å². The van der Waals surface area contributed by atoms with Crippen LogP contribution in [0.2, 0.25) is 0 Å². The zero-order valence-corrected chi connectivity index (χ0v) is 18.7. The second-order valence-corrected chi connectivity index (χ2v) is 8.30. The molecule has 7 nitrogen and oxygen atoms in total. The molecule has 0 unspecified atom stereocenters. The number of thioether (sulfide) groups is 1. The number of aromatic nitrogens is 1. The van der Waals surface area contributed by atoms with Crippen LogP contribution >= 0.6 is 11.8 Å². The molecule has 8 heteroatoms. The molecule has 3 amide bonds. The average molecular weight is 441 g/mol. The zero-order chi connectivity index (χ0) is 22.2. The quantitative estimate of drug-likeness (QED) is 0.464. The standard InChI is InChI=1S/C23H28N4O3S/c1-4-7-10-26-13-18-11-17(12-24-22(18)25-23(26)29)8-9-21(28)27-14-19(15-27)30-16-20(5-2)31-6-3/h4-9,11-12,19H,3,10,13-16H2,1-2H3,(H,24,25,29)/b7-4-,9-8+,20-5-. The Bertz CT molecular complexity index is 919. The van der Waals surface area contributed by atoms with Gasteiger partial charge in [-0.1, -0.05) is 24.8 Å². The van der Waals surface area contributed by atoms with Gasteiger partial charge in [0.05, 0.1) is 19.3 Å². The van der Waals surface area contributed by atoms with Crippen molar-refractivity contribution in [2.45, 2.75) is 26.5 Å². The number of nitrogens with zero attached hydrogens (tertiary/aromatic N) is 3. The van der Waals surface area contributed by atoms with Crippen molar-refractivity contribution in [3.8, 4) is 0 Å². The van der Waals surface area contributed by atoms with Crippen molar-refractivity contribution in [2.75, 3.05) is 31.6 Å². The molecule has 0 aromatic carbocycles. The number of amides is 3. The summed E-state index contributed by atoms with van der Waals surface area (Å²) in [5.74, 6) is 0.523. The molecular weight excluding hydrogens is 412 g/mol. The van der Waals surface area contributed by atoms with Gasteiger partial charge >= 0.3 is 6.03 Å². The Morgan fingerprint density at radius 1 is 1.42 bits per heavy atom. The van der Waals surface area contributed by atoms with Crippen molar-refractivity contribution in [1.82, 2.24) is 14.8 Å². The van der Waals surface area contributed by atoms with Gasteiger partial charge in [0.15, 0.2) is 0 Å². The number of likely N-dealkylation sites (tertiary alicyclic amines) is 1. The zero-order valence-electron chi connectivity index (χ0n) is 17.9. The number of carbonyl (C=O) groups excluding carboxylic acids is 2. The Kier molecular flexibility index (Phi) is 8.08. The third-order valence-electron chi connectivity index (χ3n) is 5.02. The van der Waals surface area contributed by atoms with Gasteiger partial charge in [0.2, 0.25) is 5.91 Å². The van der Waals surface area contributed by atoms with Crippen LogP contribution in [-0.4, -0.2) is 59.1 Å². The first kappa shape index (κ1) is 22.8. The third kappa shape index (κ3) is 6.08. The molecule has 1 aromatic rings. The maximum atomic E-state index is 12.4. The van der Waals surface area contributed by atoms with Crippen molar-refractivity contribution >= 4 is 35.6 Å². The van der Waals surface area contributed by atoms with E-state index in [-0.39, 0.29) is 18.0 Å². The van der Waals surface area contributed by atoms with Gasteiger partial charge in [-0.3, -0.25) is 10.1 Å². The smallest absolute Gasteiger partial charge is 0.323 e. The molecule has 0 spiro atoms. The van der Waals surface area contributed by atoms with Crippen LogP contribution in [0.1, 0.15) is 25.0 Å². The van der Waals surface area contributed by atoms with Crippen LogP contribution in [0.5, 0.6) is 0 Å². The first-order valence-electron chi connectivity index (χ1n) is 10.2. The Hall–Kier alpha value is -2.84. The minimum Gasteiger partial charge on any atom is -0.369 e. The molecule has 2 aliphatic heterocycles. The van der Waals surface area contributed by atoms with E-state index in [0.717, 1.165) is 16.0 Å². The number of ether oxygens (including phenoxy) is 1. The summed E-state index contributed by atoms with van der Waals surface area (Å²) in [4.78, 5) is 33.4. The first-order valence-corrected chi connectivity index (χ1v) is 11.1. The van der Waals surface area contributed by atoms with Crippen molar-refractivity contribution in [1.29, 1.82) is 0 Å². The van der Waals surface area contributed by atoms with E-state index in [4.69, 9.17) is 4.74 Å². The van der Waals surface area contributed by atoms with Gasteiger partial charge in [0.1, 0.15) is 5.82 Å². The first-order chi connectivity index (χ1) is 15.0. The van der Waals surface area contributed by atoms with Crippen LogP contribution in [0.4, 0.5) is 10.6 Å².